The quantitative estimate of drug-likeness (QED) is 0.923. The Kier molecular flexibility index (Phi) is 4.36. The molecule has 1 aliphatic carbocycles. The van der Waals surface area contributed by atoms with Crippen LogP contribution >= 0.6 is 0 Å². The minimum absolute atomic E-state index is 0.108. The number of carbonyl (C=O) groups is 1. The number of primary amides is 1. The van der Waals surface area contributed by atoms with E-state index in [1.807, 2.05) is 0 Å². The molecule has 126 valence electrons. The maximum Gasteiger partial charge on any atom is 0.417 e. The average molecular weight is 326 g/mol. The second-order valence-corrected chi connectivity index (χ2v) is 6.51. The summed E-state index contributed by atoms with van der Waals surface area (Å²) < 4.78 is 39.8. The van der Waals surface area contributed by atoms with Crippen LogP contribution in [0, 0.1) is 0 Å². The lowest BCUT2D eigenvalue weighted by Gasteiger charge is -2.30. The Morgan fingerprint density at radius 3 is 2.43 bits per heavy atom. The van der Waals surface area contributed by atoms with Gasteiger partial charge in [-0.25, -0.2) is 0 Å². The third-order valence-corrected chi connectivity index (χ3v) is 5.13. The van der Waals surface area contributed by atoms with Crippen molar-refractivity contribution in [2.24, 2.45) is 5.73 Å². The molecule has 2 fully saturated rings. The number of hydrogen-bond acceptors (Lipinski definition) is 2. The van der Waals surface area contributed by atoms with Crippen LogP contribution in [0.1, 0.15) is 59.5 Å². The number of halogens is 3. The van der Waals surface area contributed by atoms with Gasteiger partial charge in [0.05, 0.1) is 11.1 Å². The number of benzene rings is 1. The van der Waals surface area contributed by atoms with E-state index in [2.05, 4.69) is 4.90 Å². The van der Waals surface area contributed by atoms with Gasteiger partial charge in [0.2, 0.25) is 5.91 Å². The minimum Gasteiger partial charge on any atom is -0.366 e. The van der Waals surface area contributed by atoms with Crippen molar-refractivity contribution in [3.05, 3.63) is 34.9 Å². The Morgan fingerprint density at radius 2 is 1.83 bits per heavy atom. The topological polar surface area (TPSA) is 46.3 Å². The Labute approximate surface area is 133 Å². The smallest absolute Gasteiger partial charge is 0.366 e. The van der Waals surface area contributed by atoms with E-state index in [9.17, 15) is 18.0 Å². The summed E-state index contributed by atoms with van der Waals surface area (Å²) in [5, 5.41) is 0. The van der Waals surface area contributed by atoms with Crippen molar-refractivity contribution in [2.75, 3.05) is 13.1 Å². The fraction of sp³-hybridized carbons (Fsp3) is 0.588. The molecular formula is C17H21F3N2O. The van der Waals surface area contributed by atoms with Crippen LogP contribution in [-0.4, -0.2) is 29.9 Å². The molecule has 1 aliphatic heterocycles. The molecule has 0 bridgehead atoms. The summed E-state index contributed by atoms with van der Waals surface area (Å²) in [5.41, 5.74) is 4.42. The number of rotatable bonds is 3. The maximum absolute atomic E-state index is 13.3. The predicted octanol–water partition coefficient (Wildman–Crippen LogP) is 3.54. The minimum atomic E-state index is -4.57. The van der Waals surface area contributed by atoms with Crippen LogP contribution in [0.15, 0.2) is 18.2 Å². The third kappa shape index (κ3) is 3.22. The van der Waals surface area contributed by atoms with Gasteiger partial charge in [-0.1, -0.05) is 12.5 Å². The molecule has 3 nitrogen and oxygen atoms in total. The lowest BCUT2D eigenvalue weighted by atomic mass is 9.90. The summed E-state index contributed by atoms with van der Waals surface area (Å²) >= 11 is 0. The zero-order chi connectivity index (χ0) is 16.6. The number of amides is 1. The summed E-state index contributed by atoms with van der Waals surface area (Å²) in [7, 11) is 0. The third-order valence-electron chi connectivity index (χ3n) is 5.13. The van der Waals surface area contributed by atoms with Crippen LogP contribution in [-0.2, 0) is 6.18 Å². The van der Waals surface area contributed by atoms with E-state index in [-0.39, 0.29) is 5.92 Å². The highest BCUT2D eigenvalue weighted by Crippen LogP contribution is 2.41. The van der Waals surface area contributed by atoms with Crippen LogP contribution in [0.3, 0.4) is 0 Å². The number of alkyl halides is 3. The molecule has 0 spiro atoms. The molecule has 0 unspecified atom stereocenters. The maximum atomic E-state index is 13.3. The van der Waals surface area contributed by atoms with Gasteiger partial charge in [-0.2, -0.15) is 13.2 Å². The monoisotopic (exact) mass is 326 g/mol. The fourth-order valence-electron chi connectivity index (χ4n) is 4.08. The van der Waals surface area contributed by atoms with Crippen molar-refractivity contribution in [1.82, 2.24) is 4.90 Å². The molecule has 1 saturated heterocycles. The summed E-state index contributed by atoms with van der Waals surface area (Å²) in [4.78, 5) is 13.7. The lowest BCUT2D eigenvalue weighted by Crippen LogP contribution is -2.34. The van der Waals surface area contributed by atoms with E-state index in [1.54, 1.807) is 6.07 Å². The van der Waals surface area contributed by atoms with Crippen molar-refractivity contribution in [2.45, 2.75) is 50.2 Å². The molecule has 1 saturated carbocycles. The summed E-state index contributed by atoms with van der Waals surface area (Å²) in [6, 6.07) is 4.34. The number of nitrogens with zero attached hydrogens (tertiary/aromatic N) is 1. The second kappa shape index (κ2) is 6.15. The molecular weight excluding hydrogens is 305 g/mol. The Hall–Kier alpha value is -1.56. The number of likely N-dealkylation sites (tertiary alicyclic amines) is 1. The first-order valence-corrected chi connectivity index (χ1v) is 8.13. The molecule has 1 amide bonds. The van der Waals surface area contributed by atoms with Gasteiger partial charge in [-0.3, -0.25) is 9.69 Å². The highest BCUT2D eigenvalue weighted by Gasteiger charge is 2.38. The van der Waals surface area contributed by atoms with E-state index in [4.69, 9.17) is 5.73 Å². The van der Waals surface area contributed by atoms with E-state index >= 15 is 0 Å². The standard InChI is InChI=1S/C17H21F3N2O/c18-17(19,20)14-10-11(6-7-13(14)16(21)23)12-4-3-5-15(12)22-8-1-2-9-22/h6-7,10,12,15H,1-5,8-9H2,(H2,21,23)/t12-,15-/m0/s1. The van der Waals surface area contributed by atoms with Crippen LogP contribution in [0.25, 0.3) is 0 Å². The van der Waals surface area contributed by atoms with Gasteiger partial charge in [-0.05, 0) is 62.4 Å². The number of hydrogen-bond donors (Lipinski definition) is 1. The average Bonchev–Trinajstić information content (AvgIpc) is 3.16. The molecule has 0 aromatic heterocycles. The molecule has 1 heterocycles. The molecule has 2 atom stereocenters. The van der Waals surface area contributed by atoms with Gasteiger partial charge < -0.3 is 5.73 Å². The second-order valence-electron chi connectivity index (χ2n) is 6.51. The molecule has 0 radical (unpaired) electrons. The van der Waals surface area contributed by atoms with Gasteiger partial charge in [0.15, 0.2) is 0 Å². The van der Waals surface area contributed by atoms with Crippen molar-refractivity contribution in [1.29, 1.82) is 0 Å². The first-order chi connectivity index (χ1) is 10.9. The van der Waals surface area contributed by atoms with Crippen LogP contribution in [0.4, 0.5) is 13.2 Å². The number of carbonyl (C=O) groups excluding carboxylic acids is 1. The first-order valence-electron chi connectivity index (χ1n) is 8.13. The van der Waals surface area contributed by atoms with Crippen LogP contribution < -0.4 is 5.73 Å². The van der Waals surface area contributed by atoms with E-state index < -0.39 is 23.2 Å². The van der Waals surface area contributed by atoms with Crippen LogP contribution in [0.2, 0.25) is 0 Å². The lowest BCUT2D eigenvalue weighted by molar-refractivity contribution is -0.138. The highest BCUT2D eigenvalue weighted by atomic mass is 19.4. The van der Waals surface area contributed by atoms with Crippen molar-refractivity contribution >= 4 is 5.91 Å². The zero-order valence-electron chi connectivity index (χ0n) is 12.9. The normalized spacial score (nSPS) is 25.9. The highest BCUT2D eigenvalue weighted by molar-refractivity contribution is 5.94. The first kappa shape index (κ1) is 16.3. The van der Waals surface area contributed by atoms with Gasteiger partial charge in [0.1, 0.15) is 0 Å². The van der Waals surface area contributed by atoms with Crippen molar-refractivity contribution in [3.8, 4) is 0 Å². The van der Waals surface area contributed by atoms with Gasteiger partial charge in [0, 0.05) is 6.04 Å². The van der Waals surface area contributed by atoms with Gasteiger partial charge in [-0.15, -0.1) is 0 Å². The Bertz CT molecular complexity index is 594. The Balaban J connectivity index is 1.94. The number of nitrogens with two attached hydrogens (primary N) is 1. The van der Waals surface area contributed by atoms with Gasteiger partial charge in [0.25, 0.3) is 0 Å². The summed E-state index contributed by atoms with van der Waals surface area (Å²) in [5.74, 6) is -0.928. The van der Waals surface area contributed by atoms with Crippen molar-refractivity contribution < 1.29 is 18.0 Å². The fourth-order valence-corrected chi connectivity index (χ4v) is 4.08. The molecule has 23 heavy (non-hydrogen) atoms. The molecule has 2 aliphatic rings. The zero-order valence-corrected chi connectivity index (χ0v) is 12.9. The summed E-state index contributed by atoms with van der Waals surface area (Å²) in [6.07, 6.45) is 0.722. The molecule has 2 N–H and O–H groups in total. The van der Waals surface area contributed by atoms with Crippen LogP contribution in [0.5, 0.6) is 0 Å². The van der Waals surface area contributed by atoms with Crippen molar-refractivity contribution in [3.63, 3.8) is 0 Å². The largest absolute Gasteiger partial charge is 0.417 e. The molecule has 1 aromatic carbocycles. The van der Waals surface area contributed by atoms with Gasteiger partial charge >= 0.3 is 6.18 Å². The molecule has 1 aromatic rings. The van der Waals surface area contributed by atoms with E-state index in [0.29, 0.717) is 11.6 Å². The predicted molar refractivity (Wildman–Crippen MR) is 81.1 cm³/mol. The van der Waals surface area contributed by atoms with E-state index in [1.165, 1.54) is 6.07 Å². The SMILES string of the molecule is NC(=O)c1ccc([C@@H]2CCC[C@@H]2N2CCCC2)cc1C(F)(F)F. The van der Waals surface area contributed by atoms with E-state index in [0.717, 1.165) is 51.3 Å². The molecule has 3 rings (SSSR count). The summed E-state index contributed by atoms with van der Waals surface area (Å²) in [6.45, 7) is 2.07. The Morgan fingerprint density at radius 1 is 1.13 bits per heavy atom. The molecule has 6 heteroatoms.